The number of aromatic nitrogens is 5. The van der Waals surface area contributed by atoms with Crippen molar-refractivity contribution in [2.45, 2.75) is 19.4 Å². The van der Waals surface area contributed by atoms with Crippen molar-refractivity contribution in [1.29, 1.82) is 0 Å². The molecule has 144 valence electrons. The van der Waals surface area contributed by atoms with Gasteiger partial charge >= 0.3 is 0 Å². The standard InChI is InChI=1S/C22H20N6O/c1-22(2,29)14-7-5-13(6-8-14)18-17-12-26-20-16(9-11-25-20)28(17)21(27-18)15-4-3-10-24-19(15)23/h3-12,25,29H,1-2H3,(H2,23,24). The Kier molecular flexibility index (Phi) is 3.69. The van der Waals surface area contributed by atoms with E-state index in [-0.39, 0.29) is 0 Å². The zero-order valence-corrected chi connectivity index (χ0v) is 16.1. The van der Waals surface area contributed by atoms with Gasteiger partial charge in [-0.2, -0.15) is 0 Å². The summed E-state index contributed by atoms with van der Waals surface area (Å²) < 4.78 is 2.05. The lowest BCUT2D eigenvalue weighted by Crippen LogP contribution is -2.14. The zero-order valence-electron chi connectivity index (χ0n) is 16.1. The van der Waals surface area contributed by atoms with Crippen molar-refractivity contribution >= 4 is 22.5 Å². The molecule has 0 spiro atoms. The third kappa shape index (κ3) is 2.75. The first kappa shape index (κ1) is 17.4. The molecule has 4 heterocycles. The number of fused-ring (bicyclic) bond motifs is 3. The Balaban J connectivity index is 1.80. The molecular weight excluding hydrogens is 364 g/mol. The first-order chi connectivity index (χ1) is 13.9. The van der Waals surface area contributed by atoms with Crippen molar-refractivity contribution in [3.8, 4) is 22.6 Å². The minimum Gasteiger partial charge on any atom is -0.386 e. The first-order valence-electron chi connectivity index (χ1n) is 9.32. The number of benzene rings is 1. The smallest absolute Gasteiger partial charge is 0.154 e. The Morgan fingerprint density at radius 3 is 2.55 bits per heavy atom. The fourth-order valence-corrected chi connectivity index (χ4v) is 3.59. The van der Waals surface area contributed by atoms with E-state index in [1.807, 2.05) is 53.1 Å². The molecule has 4 N–H and O–H groups in total. The number of nitrogen functional groups attached to an aromatic ring is 1. The maximum Gasteiger partial charge on any atom is 0.154 e. The molecule has 0 fully saturated rings. The molecular formula is C22H20N6O. The highest BCUT2D eigenvalue weighted by Crippen LogP contribution is 2.34. The van der Waals surface area contributed by atoms with E-state index >= 15 is 0 Å². The lowest BCUT2D eigenvalue weighted by Gasteiger charge is -2.17. The number of hydrogen-bond donors (Lipinski definition) is 3. The molecule has 0 aliphatic carbocycles. The molecule has 0 saturated carbocycles. The van der Waals surface area contributed by atoms with Crippen molar-refractivity contribution < 1.29 is 5.11 Å². The van der Waals surface area contributed by atoms with Crippen LogP contribution in [0.15, 0.2) is 61.1 Å². The van der Waals surface area contributed by atoms with Crippen molar-refractivity contribution in [3.63, 3.8) is 0 Å². The predicted molar refractivity (Wildman–Crippen MR) is 113 cm³/mol. The molecule has 0 aliphatic rings. The number of hydrogen-bond acceptors (Lipinski definition) is 5. The molecule has 7 nitrogen and oxygen atoms in total. The van der Waals surface area contributed by atoms with Crippen LogP contribution in [0.5, 0.6) is 0 Å². The Morgan fingerprint density at radius 1 is 1.03 bits per heavy atom. The van der Waals surface area contributed by atoms with Crippen molar-refractivity contribution in [1.82, 2.24) is 24.3 Å². The Bertz CT molecular complexity index is 1340. The van der Waals surface area contributed by atoms with Crippen LogP contribution in [0.25, 0.3) is 39.3 Å². The van der Waals surface area contributed by atoms with Gasteiger partial charge in [-0.05, 0) is 37.6 Å². The molecule has 0 saturated heterocycles. The van der Waals surface area contributed by atoms with Crippen LogP contribution in [-0.4, -0.2) is 29.4 Å². The number of anilines is 1. The highest BCUT2D eigenvalue weighted by Gasteiger charge is 2.20. The van der Waals surface area contributed by atoms with E-state index in [2.05, 4.69) is 15.0 Å². The fraction of sp³-hybridized carbons (Fsp3) is 0.136. The summed E-state index contributed by atoms with van der Waals surface area (Å²) in [6, 6.07) is 13.5. The summed E-state index contributed by atoms with van der Waals surface area (Å²) in [6.45, 7) is 3.54. The SMILES string of the molecule is CC(C)(O)c1ccc(-c2nc(-c3cccnc3N)n3c2cnc2[nH]ccc23)cc1. The molecule has 4 aromatic heterocycles. The third-order valence-electron chi connectivity index (χ3n) is 5.12. The average Bonchev–Trinajstić information content (AvgIpc) is 3.32. The molecule has 0 unspecified atom stereocenters. The lowest BCUT2D eigenvalue weighted by molar-refractivity contribution is 0.0786. The maximum atomic E-state index is 10.2. The normalized spacial score (nSPS) is 12.1. The number of pyridine rings is 1. The number of nitrogens with one attached hydrogen (secondary N) is 1. The molecule has 0 amide bonds. The minimum absolute atomic E-state index is 0.420. The van der Waals surface area contributed by atoms with Crippen LogP contribution < -0.4 is 5.73 Å². The van der Waals surface area contributed by atoms with Gasteiger partial charge in [0, 0.05) is 18.0 Å². The summed E-state index contributed by atoms with van der Waals surface area (Å²) in [7, 11) is 0. The van der Waals surface area contributed by atoms with Crippen LogP contribution >= 0.6 is 0 Å². The number of rotatable bonds is 3. The molecule has 5 rings (SSSR count). The Hall–Kier alpha value is -3.71. The highest BCUT2D eigenvalue weighted by molar-refractivity contribution is 5.88. The number of aliphatic hydroxyl groups is 1. The molecule has 1 aromatic carbocycles. The topological polar surface area (TPSA) is 105 Å². The van der Waals surface area contributed by atoms with Crippen molar-refractivity contribution in [3.05, 3.63) is 66.6 Å². The van der Waals surface area contributed by atoms with Gasteiger partial charge in [-0.1, -0.05) is 24.3 Å². The highest BCUT2D eigenvalue weighted by atomic mass is 16.3. The lowest BCUT2D eigenvalue weighted by atomic mass is 9.97. The molecule has 0 atom stereocenters. The average molecular weight is 384 g/mol. The van der Waals surface area contributed by atoms with E-state index in [4.69, 9.17) is 10.7 Å². The van der Waals surface area contributed by atoms with Crippen LogP contribution in [0.3, 0.4) is 0 Å². The molecule has 7 heteroatoms. The Morgan fingerprint density at radius 2 is 1.83 bits per heavy atom. The zero-order chi connectivity index (χ0) is 20.2. The van der Waals surface area contributed by atoms with E-state index in [1.54, 1.807) is 26.2 Å². The summed E-state index contributed by atoms with van der Waals surface area (Å²) in [5, 5.41) is 10.2. The quantitative estimate of drug-likeness (QED) is 0.439. The van der Waals surface area contributed by atoms with E-state index in [0.717, 1.165) is 39.1 Å². The largest absolute Gasteiger partial charge is 0.386 e. The van der Waals surface area contributed by atoms with E-state index in [0.29, 0.717) is 11.6 Å². The van der Waals surface area contributed by atoms with Gasteiger partial charge < -0.3 is 15.8 Å². The molecule has 0 aliphatic heterocycles. The van der Waals surface area contributed by atoms with Crippen LogP contribution in [0, 0.1) is 0 Å². The molecule has 0 bridgehead atoms. The van der Waals surface area contributed by atoms with Crippen LogP contribution in [-0.2, 0) is 5.60 Å². The second-order valence-corrected chi connectivity index (χ2v) is 7.55. The number of H-pyrrole nitrogens is 1. The fourth-order valence-electron chi connectivity index (χ4n) is 3.59. The predicted octanol–water partition coefficient (Wildman–Crippen LogP) is 3.75. The maximum absolute atomic E-state index is 10.2. The summed E-state index contributed by atoms with van der Waals surface area (Å²) in [5.41, 5.74) is 11.1. The van der Waals surface area contributed by atoms with E-state index < -0.39 is 5.60 Å². The first-order valence-corrected chi connectivity index (χ1v) is 9.32. The number of imidazole rings is 1. The molecule has 29 heavy (non-hydrogen) atoms. The van der Waals surface area contributed by atoms with Gasteiger partial charge in [-0.3, -0.25) is 4.40 Å². The van der Waals surface area contributed by atoms with Crippen LogP contribution in [0.2, 0.25) is 0 Å². The van der Waals surface area contributed by atoms with E-state index in [1.165, 1.54) is 0 Å². The molecule has 5 aromatic rings. The van der Waals surface area contributed by atoms with Crippen LogP contribution in [0.4, 0.5) is 5.82 Å². The van der Waals surface area contributed by atoms with Gasteiger partial charge in [0.05, 0.1) is 34.1 Å². The van der Waals surface area contributed by atoms with Gasteiger partial charge in [0.15, 0.2) is 5.65 Å². The van der Waals surface area contributed by atoms with Crippen LogP contribution in [0.1, 0.15) is 19.4 Å². The number of nitrogens with two attached hydrogens (primary N) is 1. The minimum atomic E-state index is -0.900. The van der Waals surface area contributed by atoms with Gasteiger partial charge in [0.1, 0.15) is 11.6 Å². The summed E-state index contributed by atoms with van der Waals surface area (Å²) in [4.78, 5) is 16.8. The van der Waals surface area contributed by atoms with E-state index in [9.17, 15) is 5.11 Å². The van der Waals surface area contributed by atoms with Crippen molar-refractivity contribution in [2.75, 3.05) is 5.73 Å². The number of aromatic amines is 1. The van der Waals surface area contributed by atoms with Crippen molar-refractivity contribution in [2.24, 2.45) is 0 Å². The van der Waals surface area contributed by atoms with Gasteiger partial charge in [-0.15, -0.1) is 0 Å². The summed E-state index contributed by atoms with van der Waals surface area (Å²) >= 11 is 0. The van der Waals surface area contributed by atoms with Gasteiger partial charge in [-0.25, -0.2) is 15.0 Å². The summed E-state index contributed by atoms with van der Waals surface area (Å²) in [6.07, 6.45) is 5.32. The monoisotopic (exact) mass is 384 g/mol. The third-order valence-corrected chi connectivity index (χ3v) is 5.12. The molecule has 0 radical (unpaired) electrons. The second kappa shape index (κ2) is 6.15. The van der Waals surface area contributed by atoms with Gasteiger partial charge in [0.2, 0.25) is 0 Å². The second-order valence-electron chi connectivity index (χ2n) is 7.55. The number of nitrogens with zero attached hydrogens (tertiary/aromatic N) is 4. The van der Waals surface area contributed by atoms with Gasteiger partial charge in [0.25, 0.3) is 0 Å². The summed E-state index contributed by atoms with van der Waals surface area (Å²) in [5.74, 6) is 1.13. The Labute approximate surface area is 166 Å².